The highest BCUT2D eigenvalue weighted by Crippen LogP contribution is 2.38. The number of anilines is 1. The van der Waals surface area contributed by atoms with E-state index in [1.165, 1.54) is 11.6 Å². The van der Waals surface area contributed by atoms with Gasteiger partial charge in [0.05, 0.1) is 33.8 Å². The monoisotopic (exact) mass is 576 g/mol. The number of urea groups is 1. The Bertz CT molecular complexity index is 1600. The van der Waals surface area contributed by atoms with Crippen LogP contribution in [0.4, 0.5) is 36.8 Å². The minimum atomic E-state index is -5.07. The first-order valence-electron chi connectivity index (χ1n) is 12.7. The van der Waals surface area contributed by atoms with Crippen LogP contribution in [-0.2, 0) is 18.8 Å². The summed E-state index contributed by atoms with van der Waals surface area (Å²) in [6, 6.07) is 12.8. The van der Waals surface area contributed by atoms with E-state index in [-0.39, 0.29) is 18.3 Å². The van der Waals surface area contributed by atoms with Crippen LogP contribution in [0.5, 0.6) is 0 Å². The number of alkyl halides is 6. The molecular weight excluding hydrogens is 550 g/mol. The molecule has 4 aromatic rings. The number of halogens is 6. The molecule has 1 atom stereocenters. The van der Waals surface area contributed by atoms with Gasteiger partial charge in [-0.1, -0.05) is 38.1 Å². The fourth-order valence-electron chi connectivity index (χ4n) is 4.51. The maximum atomic E-state index is 13.7. The van der Waals surface area contributed by atoms with Crippen molar-refractivity contribution in [3.63, 3.8) is 0 Å². The minimum Gasteiger partial charge on any atom is -0.317 e. The predicted octanol–water partition coefficient (Wildman–Crippen LogP) is 7.60. The molecule has 6 nitrogen and oxygen atoms in total. The van der Waals surface area contributed by atoms with Crippen molar-refractivity contribution in [3.05, 3.63) is 99.6 Å². The number of para-hydroxylation sites is 1. The quantitative estimate of drug-likeness (QED) is 0.241. The number of hydrogen-bond acceptors (Lipinski definition) is 3. The minimum absolute atomic E-state index is 0.0181. The van der Waals surface area contributed by atoms with Gasteiger partial charge in [-0.2, -0.15) is 26.3 Å². The molecule has 0 saturated carbocycles. The second kappa shape index (κ2) is 11.3. The largest absolute Gasteiger partial charge is 0.416 e. The van der Waals surface area contributed by atoms with Gasteiger partial charge in [0.1, 0.15) is 5.82 Å². The smallest absolute Gasteiger partial charge is 0.317 e. The summed E-state index contributed by atoms with van der Waals surface area (Å²) in [6.07, 6.45) is -9.16. The first-order chi connectivity index (χ1) is 19.2. The van der Waals surface area contributed by atoms with Gasteiger partial charge in [-0.25, -0.2) is 9.78 Å². The third-order valence-corrected chi connectivity index (χ3v) is 6.72. The molecule has 0 bridgehead atoms. The van der Waals surface area contributed by atoms with Crippen molar-refractivity contribution in [2.45, 2.75) is 45.1 Å². The fraction of sp³-hybridized carbons (Fsp3) is 0.276. The molecule has 0 spiro atoms. The number of nitrogens with zero attached hydrogens (tertiary/aromatic N) is 3. The van der Waals surface area contributed by atoms with Crippen LogP contribution in [0.25, 0.3) is 16.6 Å². The maximum absolute atomic E-state index is 13.7. The molecule has 216 valence electrons. The average molecular weight is 577 g/mol. The van der Waals surface area contributed by atoms with E-state index < -0.39 is 46.8 Å². The molecule has 1 N–H and O–H groups in total. The molecule has 2 amide bonds. The molecule has 0 aliphatic rings. The van der Waals surface area contributed by atoms with Crippen molar-refractivity contribution >= 4 is 22.6 Å². The molecule has 41 heavy (non-hydrogen) atoms. The molecule has 1 heterocycles. The lowest BCUT2D eigenvalue weighted by Crippen LogP contribution is -2.38. The summed E-state index contributed by atoms with van der Waals surface area (Å²) in [5, 5.41) is 2.48. The zero-order valence-corrected chi connectivity index (χ0v) is 22.3. The van der Waals surface area contributed by atoms with E-state index in [2.05, 4.69) is 10.3 Å². The van der Waals surface area contributed by atoms with Gasteiger partial charge < -0.3 is 10.2 Å². The van der Waals surface area contributed by atoms with E-state index in [9.17, 15) is 35.9 Å². The molecule has 0 aliphatic heterocycles. The van der Waals surface area contributed by atoms with Crippen molar-refractivity contribution in [3.8, 4) is 5.69 Å². The van der Waals surface area contributed by atoms with E-state index >= 15 is 0 Å². The zero-order chi connectivity index (χ0) is 30.1. The number of carbonyl (C=O) groups is 1. The summed E-state index contributed by atoms with van der Waals surface area (Å²) >= 11 is 0. The van der Waals surface area contributed by atoms with E-state index in [0.29, 0.717) is 28.7 Å². The first kappa shape index (κ1) is 29.6. The molecular formula is C29H26F6N4O2. The Morgan fingerprint density at radius 1 is 0.927 bits per heavy atom. The van der Waals surface area contributed by atoms with Gasteiger partial charge >= 0.3 is 18.4 Å². The van der Waals surface area contributed by atoms with Crippen LogP contribution in [0.15, 0.2) is 71.5 Å². The van der Waals surface area contributed by atoms with Crippen LogP contribution in [0.1, 0.15) is 48.8 Å². The lowest BCUT2D eigenvalue weighted by molar-refractivity contribution is -0.143. The third-order valence-electron chi connectivity index (χ3n) is 6.72. The van der Waals surface area contributed by atoms with Gasteiger partial charge in [0.15, 0.2) is 0 Å². The Balaban J connectivity index is 1.78. The molecule has 0 aliphatic carbocycles. The zero-order valence-electron chi connectivity index (χ0n) is 22.3. The molecule has 1 unspecified atom stereocenters. The Morgan fingerprint density at radius 3 is 2.05 bits per heavy atom. The molecule has 0 saturated heterocycles. The normalized spacial score (nSPS) is 12.8. The molecule has 0 radical (unpaired) electrons. The molecule has 3 aromatic carbocycles. The number of fused-ring (bicyclic) bond motifs is 1. The topological polar surface area (TPSA) is 67.2 Å². The number of carbonyl (C=O) groups excluding carboxylic acids is 1. The molecule has 0 fully saturated rings. The van der Waals surface area contributed by atoms with Crippen LogP contribution in [0.3, 0.4) is 0 Å². The highest BCUT2D eigenvalue weighted by Gasteiger charge is 2.37. The fourth-order valence-corrected chi connectivity index (χ4v) is 4.51. The lowest BCUT2D eigenvalue weighted by atomic mass is 10.1. The Labute approximate surface area is 231 Å². The lowest BCUT2D eigenvalue weighted by Gasteiger charge is -2.29. The summed E-state index contributed by atoms with van der Waals surface area (Å²) in [6.45, 7) is 3.69. The van der Waals surface area contributed by atoms with E-state index in [0.717, 1.165) is 16.9 Å². The van der Waals surface area contributed by atoms with E-state index in [4.69, 9.17) is 0 Å². The summed E-state index contributed by atoms with van der Waals surface area (Å²) in [4.78, 5) is 32.7. The van der Waals surface area contributed by atoms with Crippen molar-refractivity contribution in [1.29, 1.82) is 0 Å². The van der Waals surface area contributed by atoms with E-state index in [1.807, 2.05) is 19.1 Å². The van der Waals surface area contributed by atoms with Crippen LogP contribution in [0, 0.1) is 0 Å². The van der Waals surface area contributed by atoms with Gasteiger partial charge in [0.25, 0.3) is 5.56 Å². The van der Waals surface area contributed by atoms with Gasteiger partial charge in [-0.3, -0.25) is 9.36 Å². The van der Waals surface area contributed by atoms with Crippen molar-refractivity contribution < 1.29 is 31.1 Å². The van der Waals surface area contributed by atoms with Crippen molar-refractivity contribution in [1.82, 2.24) is 14.5 Å². The van der Waals surface area contributed by atoms with E-state index in [1.54, 1.807) is 43.3 Å². The molecule has 1 aromatic heterocycles. The Hall–Kier alpha value is -4.35. The number of nitrogens with one attached hydrogen (secondary N) is 1. The van der Waals surface area contributed by atoms with Crippen molar-refractivity contribution in [2.75, 3.05) is 12.4 Å². The van der Waals surface area contributed by atoms with Gasteiger partial charge in [-0.15, -0.1) is 0 Å². The standard InChI is InChI=1S/C29H26F6N4O2/c1-4-17-10-12-21(13-11-17)39-25(37-23-9-7-6-8-22(23)26(39)40)24(5-2)38(3)27(41)36-20-15-18(28(30,31)32)14-19(16-20)29(33,34)35/h6-16,24H,4-5H2,1-3H3,(H,36,41). The summed E-state index contributed by atoms with van der Waals surface area (Å²) in [7, 11) is 1.33. The number of aryl methyl sites for hydroxylation is 1. The van der Waals surface area contributed by atoms with Crippen LogP contribution in [-0.4, -0.2) is 27.5 Å². The Kier molecular flexibility index (Phi) is 8.14. The second-order valence-corrected chi connectivity index (χ2v) is 9.41. The SMILES string of the molecule is CCc1ccc(-n2c(C(CC)N(C)C(=O)Nc3cc(C(F)(F)F)cc(C(F)(F)F)c3)nc3ccccc3c2=O)cc1. The third kappa shape index (κ3) is 6.21. The van der Waals surface area contributed by atoms with Gasteiger partial charge in [-0.05, 0) is 60.9 Å². The number of aromatic nitrogens is 2. The highest BCUT2D eigenvalue weighted by molar-refractivity contribution is 5.89. The number of hydrogen-bond donors (Lipinski definition) is 1. The van der Waals surface area contributed by atoms with Crippen LogP contribution < -0.4 is 10.9 Å². The summed E-state index contributed by atoms with van der Waals surface area (Å²) < 4.78 is 81.3. The van der Waals surface area contributed by atoms with Gasteiger partial charge in [0.2, 0.25) is 0 Å². The predicted molar refractivity (Wildman–Crippen MR) is 143 cm³/mol. The number of rotatable bonds is 6. The highest BCUT2D eigenvalue weighted by atomic mass is 19.4. The maximum Gasteiger partial charge on any atom is 0.416 e. The molecule has 4 rings (SSSR count). The average Bonchev–Trinajstić information content (AvgIpc) is 2.92. The summed E-state index contributed by atoms with van der Waals surface area (Å²) in [5.74, 6) is 0.179. The van der Waals surface area contributed by atoms with Crippen LogP contribution >= 0.6 is 0 Å². The second-order valence-electron chi connectivity index (χ2n) is 9.41. The first-order valence-corrected chi connectivity index (χ1v) is 12.7. The van der Waals surface area contributed by atoms with Crippen molar-refractivity contribution in [2.24, 2.45) is 0 Å². The number of amides is 2. The molecule has 12 heteroatoms. The van der Waals surface area contributed by atoms with Crippen LogP contribution in [0.2, 0.25) is 0 Å². The summed E-state index contributed by atoms with van der Waals surface area (Å²) in [5.41, 5.74) is -2.31. The Morgan fingerprint density at radius 2 is 1.51 bits per heavy atom. The van der Waals surface area contributed by atoms with Gasteiger partial charge in [0, 0.05) is 12.7 Å². The number of benzene rings is 3.